The fraction of sp³-hybridized carbons (Fsp3) is 0.704. The Morgan fingerprint density at radius 3 is 2.64 bits per heavy atom. The Morgan fingerprint density at radius 1 is 1.21 bits per heavy atom. The standard InChI is InChI=1S/C27H42N2O3S/c1-7-8-9-10-16(2)18(4)33-22-14-25-27(26(15-22)32-20(6)31)24-13-21(29-19(5)30)11-12-23(24)17(3)28-25/h14-18,21,23-24,28H,7-13H2,1-6H3,(H,29,30). The topological polar surface area (TPSA) is 67.4 Å². The van der Waals surface area contributed by atoms with Crippen LogP contribution in [-0.4, -0.2) is 29.2 Å². The number of esters is 1. The number of nitrogens with one attached hydrogen (secondary N) is 2. The lowest BCUT2D eigenvalue weighted by atomic mass is 9.68. The van der Waals surface area contributed by atoms with Crippen molar-refractivity contribution in [1.29, 1.82) is 0 Å². The van der Waals surface area contributed by atoms with Crippen molar-refractivity contribution in [2.45, 2.75) is 115 Å². The molecule has 0 aromatic heterocycles. The third kappa shape index (κ3) is 6.68. The Morgan fingerprint density at radius 2 is 1.97 bits per heavy atom. The first-order chi connectivity index (χ1) is 15.7. The Kier molecular flexibility index (Phi) is 9.14. The van der Waals surface area contributed by atoms with E-state index in [-0.39, 0.29) is 23.8 Å². The van der Waals surface area contributed by atoms with Crippen LogP contribution >= 0.6 is 11.8 Å². The fourth-order valence-corrected chi connectivity index (χ4v) is 6.75. The highest BCUT2D eigenvalue weighted by molar-refractivity contribution is 8.00. The van der Waals surface area contributed by atoms with Gasteiger partial charge in [-0.15, -0.1) is 11.8 Å². The van der Waals surface area contributed by atoms with Crippen molar-refractivity contribution < 1.29 is 14.3 Å². The van der Waals surface area contributed by atoms with Crippen LogP contribution < -0.4 is 15.4 Å². The summed E-state index contributed by atoms with van der Waals surface area (Å²) in [7, 11) is 0. The van der Waals surface area contributed by atoms with Gasteiger partial charge in [0.1, 0.15) is 5.75 Å². The molecule has 0 spiro atoms. The number of amides is 1. The summed E-state index contributed by atoms with van der Waals surface area (Å²) < 4.78 is 5.80. The van der Waals surface area contributed by atoms with Gasteiger partial charge in [0.25, 0.3) is 0 Å². The molecule has 1 saturated carbocycles. The predicted octanol–water partition coefficient (Wildman–Crippen LogP) is 6.51. The summed E-state index contributed by atoms with van der Waals surface area (Å²) in [6.07, 6.45) is 7.99. The highest BCUT2D eigenvalue weighted by Gasteiger charge is 2.41. The fourth-order valence-electron chi connectivity index (χ4n) is 5.59. The third-order valence-corrected chi connectivity index (χ3v) is 8.81. The van der Waals surface area contributed by atoms with Crippen LogP contribution in [0.4, 0.5) is 5.69 Å². The average Bonchev–Trinajstić information content (AvgIpc) is 2.72. The van der Waals surface area contributed by atoms with Crippen LogP contribution in [-0.2, 0) is 9.59 Å². The van der Waals surface area contributed by atoms with Gasteiger partial charge in [-0.1, -0.05) is 40.0 Å². The maximum Gasteiger partial charge on any atom is 0.308 e. The summed E-state index contributed by atoms with van der Waals surface area (Å²) in [6, 6.07) is 4.83. The molecule has 2 aliphatic rings. The van der Waals surface area contributed by atoms with Crippen LogP contribution in [0.15, 0.2) is 17.0 Å². The van der Waals surface area contributed by atoms with E-state index < -0.39 is 0 Å². The number of carbonyl (C=O) groups excluding carboxylic acids is 2. The minimum Gasteiger partial charge on any atom is -0.426 e. The molecule has 6 heteroatoms. The zero-order chi connectivity index (χ0) is 24.1. The van der Waals surface area contributed by atoms with E-state index in [1.54, 1.807) is 6.92 Å². The van der Waals surface area contributed by atoms with Crippen LogP contribution in [0.2, 0.25) is 0 Å². The maximum atomic E-state index is 12.0. The van der Waals surface area contributed by atoms with Crippen molar-refractivity contribution in [2.24, 2.45) is 11.8 Å². The van der Waals surface area contributed by atoms with Crippen molar-refractivity contribution >= 4 is 29.3 Å². The molecule has 2 N–H and O–H groups in total. The molecule has 0 saturated heterocycles. The van der Waals surface area contributed by atoms with Gasteiger partial charge >= 0.3 is 5.97 Å². The molecule has 1 aromatic rings. The van der Waals surface area contributed by atoms with Gasteiger partial charge in [-0.2, -0.15) is 0 Å². The summed E-state index contributed by atoms with van der Waals surface area (Å²) >= 11 is 1.88. The molecule has 1 heterocycles. The number of benzene rings is 1. The van der Waals surface area contributed by atoms with Gasteiger partial charge in [0.05, 0.1) is 0 Å². The second kappa shape index (κ2) is 11.6. The van der Waals surface area contributed by atoms with Crippen LogP contribution in [0.1, 0.15) is 98.0 Å². The third-order valence-electron chi connectivity index (χ3n) is 7.46. The highest BCUT2D eigenvalue weighted by atomic mass is 32.2. The summed E-state index contributed by atoms with van der Waals surface area (Å²) in [5.74, 6) is 1.78. The molecule has 184 valence electrons. The number of ether oxygens (including phenoxy) is 1. The Balaban J connectivity index is 1.88. The number of rotatable bonds is 9. The number of anilines is 1. The number of hydrogen-bond donors (Lipinski definition) is 2. The molecule has 0 radical (unpaired) electrons. The van der Waals surface area contributed by atoms with E-state index >= 15 is 0 Å². The molecule has 6 unspecified atom stereocenters. The molecule has 1 aliphatic carbocycles. The van der Waals surface area contributed by atoms with Crippen molar-refractivity contribution in [1.82, 2.24) is 5.32 Å². The van der Waals surface area contributed by atoms with Crippen LogP contribution in [0.25, 0.3) is 0 Å². The van der Waals surface area contributed by atoms with E-state index in [1.165, 1.54) is 32.6 Å². The van der Waals surface area contributed by atoms with Gasteiger partial charge in [-0.3, -0.25) is 9.59 Å². The van der Waals surface area contributed by atoms with Crippen molar-refractivity contribution in [3.05, 3.63) is 17.7 Å². The summed E-state index contributed by atoms with van der Waals surface area (Å²) in [6.45, 7) is 12.2. The molecule has 0 bridgehead atoms. The molecule has 1 amide bonds. The van der Waals surface area contributed by atoms with Gasteiger partial charge in [0.15, 0.2) is 0 Å². The second-order valence-electron chi connectivity index (χ2n) is 10.2. The largest absolute Gasteiger partial charge is 0.426 e. The van der Waals surface area contributed by atoms with E-state index in [1.807, 2.05) is 11.8 Å². The van der Waals surface area contributed by atoms with Gasteiger partial charge < -0.3 is 15.4 Å². The molecule has 1 aromatic carbocycles. The van der Waals surface area contributed by atoms with E-state index in [9.17, 15) is 9.59 Å². The normalized spacial score (nSPS) is 25.8. The molecule has 6 atom stereocenters. The first kappa shape index (κ1) is 25.9. The number of carbonyl (C=O) groups is 2. The van der Waals surface area contributed by atoms with Crippen LogP contribution in [0, 0.1) is 11.8 Å². The smallest absolute Gasteiger partial charge is 0.308 e. The lowest BCUT2D eigenvalue weighted by Gasteiger charge is -2.45. The van der Waals surface area contributed by atoms with Gasteiger partial charge in [0.2, 0.25) is 5.91 Å². The van der Waals surface area contributed by atoms with Gasteiger partial charge in [-0.05, 0) is 62.5 Å². The molecule has 33 heavy (non-hydrogen) atoms. The first-order valence-electron chi connectivity index (χ1n) is 12.8. The monoisotopic (exact) mass is 474 g/mol. The second-order valence-corrected chi connectivity index (χ2v) is 11.6. The van der Waals surface area contributed by atoms with Crippen molar-refractivity contribution in [3.8, 4) is 5.75 Å². The van der Waals surface area contributed by atoms with Gasteiger partial charge in [0, 0.05) is 47.3 Å². The summed E-state index contributed by atoms with van der Waals surface area (Å²) in [5.41, 5.74) is 2.19. The van der Waals surface area contributed by atoms with E-state index in [2.05, 4.69) is 50.5 Å². The van der Waals surface area contributed by atoms with Crippen molar-refractivity contribution in [2.75, 3.05) is 5.32 Å². The number of unbranched alkanes of at least 4 members (excludes halogenated alkanes) is 2. The number of thioether (sulfide) groups is 1. The Bertz CT molecular complexity index is 843. The van der Waals surface area contributed by atoms with E-state index in [4.69, 9.17) is 4.74 Å². The minimum atomic E-state index is -0.287. The molecule has 5 nitrogen and oxygen atoms in total. The number of fused-ring (bicyclic) bond motifs is 3. The van der Waals surface area contributed by atoms with E-state index in [0.717, 1.165) is 35.4 Å². The Hall–Kier alpha value is -1.69. The molecule has 1 fully saturated rings. The number of hydrogen-bond acceptors (Lipinski definition) is 5. The first-order valence-corrected chi connectivity index (χ1v) is 13.6. The lowest BCUT2D eigenvalue weighted by molar-refractivity contribution is -0.132. The Labute approximate surface area is 204 Å². The summed E-state index contributed by atoms with van der Waals surface area (Å²) in [5, 5.41) is 7.33. The SMILES string of the molecule is CCCCCC(C)C(C)Sc1cc2c(c(OC(C)=O)c1)C1CC(NC(C)=O)CCC1C(C)N2. The zero-order valence-electron chi connectivity index (χ0n) is 21.2. The molecule has 3 rings (SSSR count). The zero-order valence-corrected chi connectivity index (χ0v) is 22.0. The summed E-state index contributed by atoms with van der Waals surface area (Å²) in [4.78, 5) is 24.8. The molecular formula is C27H42N2O3S. The van der Waals surface area contributed by atoms with E-state index in [0.29, 0.717) is 28.9 Å². The predicted molar refractivity (Wildman–Crippen MR) is 137 cm³/mol. The lowest BCUT2D eigenvalue weighted by Crippen LogP contribution is -2.45. The minimum absolute atomic E-state index is 0.0228. The maximum absolute atomic E-state index is 12.0. The average molecular weight is 475 g/mol. The highest BCUT2D eigenvalue weighted by Crippen LogP contribution is 2.51. The van der Waals surface area contributed by atoms with Crippen molar-refractivity contribution in [3.63, 3.8) is 0 Å². The van der Waals surface area contributed by atoms with Crippen LogP contribution in [0.3, 0.4) is 0 Å². The van der Waals surface area contributed by atoms with Crippen LogP contribution in [0.5, 0.6) is 5.75 Å². The molecular weight excluding hydrogens is 432 g/mol. The molecule has 1 aliphatic heterocycles. The quantitative estimate of drug-likeness (QED) is 0.185. The van der Waals surface area contributed by atoms with Gasteiger partial charge in [-0.25, -0.2) is 0 Å².